The first-order valence-electron chi connectivity index (χ1n) is 11.1. The maximum atomic E-state index is 13.1. The average molecular weight is 421 g/mol. The largest absolute Gasteiger partial charge is 0.449 e. The van der Waals surface area contributed by atoms with E-state index in [1.54, 1.807) is 13.0 Å². The molecule has 2 fully saturated rings. The quantitative estimate of drug-likeness (QED) is 0.741. The Balaban J connectivity index is 1.54. The second kappa shape index (κ2) is 8.93. The number of nitrogens with zero attached hydrogens (tertiary/aromatic N) is 3. The van der Waals surface area contributed by atoms with Crippen LogP contribution in [0.25, 0.3) is 10.9 Å². The highest BCUT2D eigenvalue weighted by Crippen LogP contribution is 2.29. The number of carbonyl (C=O) groups is 2. The minimum Gasteiger partial charge on any atom is -0.449 e. The number of carbonyl (C=O) groups excluding carboxylic acids is 2. The van der Waals surface area contributed by atoms with Crippen molar-refractivity contribution in [2.75, 3.05) is 18.0 Å². The molecule has 0 spiro atoms. The lowest BCUT2D eigenvalue weighted by Crippen LogP contribution is -2.52. The molecule has 1 saturated heterocycles. The Morgan fingerprint density at radius 2 is 1.87 bits per heavy atom. The van der Waals surface area contributed by atoms with Gasteiger partial charge in [0.05, 0.1) is 11.6 Å². The van der Waals surface area contributed by atoms with Gasteiger partial charge >= 0.3 is 5.97 Å². The third-order valence-corrected chi connectivity index (χ3v) is 6.27. The standard InChI is InChI=1S/C24H28N4O3/c1-17(22(29)27-24(16-25)11-5-2-6-12-24)31-23(30)19-15-18-9-3-4-10-20(18)26-21(19)28-13-7-8-14-28/h3-4,9-10,15,17H,2,5-8,11-14H2,1H3,(H,27,29). The van der Waals surface area contributed by atoms with Crippen molar-refractivity contribution < 1.29 is 14.3 Å². The summed E-state index contributed by atoms with van der Waals surface area (Å²) < 4.78 is 5.55. The Morgan fingerprint density at radius 3 is 2.58 bits per heavy atom. The van der Waals surface area contributed by atoms with E-state index < -0.39 is 23.5 Å². The van der Waals surface area contributed by atoms with Gasteiger partial charge in [-0.3, -0.25) is 4.79 Å². The fourth-order valence-electron chi connectivity index (χ4n) is 4.46. The molecule has 1 saturated carbocycles. The van der Waals surface area contributed by atoms with Crippen LogP contribution in [0.3, 0.4) is 0 Å². The Morgan fingerprint density at radius 1 is 1.16 bits per heavy atom. The van der Waals surface area contributed by atoms with Crippen LogP contribution >= 0.6 is 0 Å². The summed E-state index contributed by atoms with van der Waals surface area (Å²) in [5.74, 6) is -0.402. The van der Waals surface area contributed by atoms with E-state index in [1.807, 2.05) is 24.3 Å². The Bertz CT molecular complexity index is 1020. The second-order valence-corrected chi connectivity index (χ2v) is 8.54. The van der Waals surface area contributed by atoms with E-state index in [0.29, 0.717) is 24.2 Å². The number of nitrogens with one attached hydrogen (secondary N) is 1. The van der Waals surface area contributed by atoms with Gasteiger partial charge in [0.2, 0.25) is 0 Å². The van der Waals surface area contributed by atoms with Gasteiger partial charge in [0, 0.05) is 18.5 Å². The van der Waals surface area contributed by atoms with Gasteiger partial charge in [-0.1, -0.05) is 37.5 Å². The van der Waals surface area contributed by atoms with Gasteiger partial charge in [-0.2, -0.15) is 5.26 Å². The predicted molar refractivity (Wildman–Crippen MR) is 118 cm³/mol. The summed E-state index contributed by atoms with van der Waals surface area (Å²) in [5.41, 5.74) is 0.328. The smallest absolute Gasteiger partial charge is 0.342 e. The first-order chi connectivity index (χ1) is 15.0. The number of hydrogen-bond acceptors (Lipinski definition) is 6. The fourth-order valence-corrected chi connectivity index (χ4v) is 4.46. The number of rotatable bonds is 5. The Kier molecular flexibility index (Phi) is 6.08. The monoisotopic (exact) mass is 420 g/mol. The van der Waals surface area contributed by atoms with Gasteiger partial charge in [-0.05, 0) is 44.7 Å². The predicted octanol–water partition coefficient (Wildman–Crippen LogP) is 3.72. The lowest BCUT2D eigenvalue weighted by molar-refractivity contribution is -0.130. The zero-order chi connectivity index (χ0) is 21.8. The van der Waals surface area contributed by atoms with Crippen molar-refractivity contribution in [3.63, 3.8) is 0 Å². The highest BCUT2D eigenvalue weighted by Gasteiger charge is 2.36. The highest BCUT2D eigenvalue weighted by atomic mass is 16.5. The zero-order valence-electron chi connectivity index (χ0n) is 17.9. The van der Waals surface area contributed by atoms with E-state index in [4.69, 9.17) is 9.72 Å². The third kappa shape index (κ3) is 4.48. The van der Waals surface area contributed by atoms with E-state index in [9.17, 15) is 14.9 Å². The number of anilines is 1. The van der Waals surface area contributed by atoms with Gasteiger partial charge in [0.15, 0.2) is 6.10 Å². The van der Waals surface area contributed by atoms with Gasteiger partial charge < -0.3 is 15.0 Å². The zero-order valence-corrected chi connectivity index (χ0v) is 17.9. The molecule has 2 aliphatic rings. The van der Waals surface area contributed by atoms with E-state index in [2.05, 4.69) is 16.3 Å². The Hall–Kier alpha value is -3.14. The molecule has 7 heteroatoms. The van der Waals surface area contributed by atoms with Crippen molar-refractivity contribution in [3.05, 3.63) is 35.9 Å². The highest BCUT2D eigenvalue weighted by molar-refractivity contribution is 6.00. The van der Waals surface area contributed by atoms with E-state index in [0.717, 1.165) is 56.1 Å². The molecule has 0 bridgehead atoms. The van der Waals surface area contributed by atoms with Crippen LogP contribution < -0.4 is 10.2 Å². The van der Waals surface area contributed by atoms with Crippen molar-refractivity contribution in [2.24, 2.45) is 0 Å². The number of amides is 1. The summed E-state index contributed by atoms with van der Waals surface area (Å²) in [6.45, 7) is 3.23. The molecule has 4 rings (SSSR count). The van der Waals surface area contributed by atoms with Gasteiger partial charge in [0.25, 0.3) is 5.91 Å². The van der Waals surface area contributed by atoms with Gasteiger partial charge in [-0.15, -0.1) is 0 Å². The normalized spacial score (nSPS) is 18.9. The van der Waals surface area contributed by atoms with Gasteiger partial charge in [0.1, 0.15) is 16.9 Å². The molecule has 1 aromatic heterocycles. The number of benzene rings is 1. The molecular weight excluding hydrogens is 392 g/mol. The van der Waals surface area contributed by atoms with Crippen LogP contribution in [0.15, 0.2) is 30.3 Å². The molecule has 31 heavy (non-hydrogen) atoms. The van der Waals surface area contributed by atoms with Crippen LogP contribution in [-0.2, 0) is 9.53 Å². The number of nitriles is 1. The topological polar surface area (TPSA) is 95.3 Å². The summed E-state index contributed by atoms with van der Waals surface area (Å²) in [4.78, 5) is 32.6. The molecule has 1 unspecified atom stereocenters. The fraction of sp³-hybridized carbons (Fsp3) is 0.500. The lowest BCUT2D eigenvalue weighted by Gasteiger charge is -2.32. The number of hydrogen-bond donors (Lipinski definition) is 1. The summed E-state index contributed by atoms with van der Waals surface area (Å²) in [6, 6.07) is 11.7. The van der Waals surface area contributed by atoms with E-state index in [-0.39, 0.29) is 0 Å². The third-order valence-electron chi connectivity index (χ3n) is 6.27. The first-order valence-corrected chi connectivity index (χ1v) is 11.1. The van der Waals surface area contributed by atoms with Crippen LogP contribution in [0, 0.1) is 11.3 Å². The summed E-state index contributed by atoms with van der Waals surface area (Å²) in [6.07, 6.45) is 5.24. The van der Waals surface area contributed by atoms with Crippen LogP contribution in [0.1, 0.15) is 62.2 Å². The van der Waals surface area contributed by atoms with E-state index in [1.165, 1.54) is 0 Å². The number of para-hydroxylation sites is 1. The van der Waals surface area contributed by atoms with Crippen LogP contribution in [0.4, 0.5) is 5.82 Å². The molecule has 1 amide bonds. The number of pyridine rings is 1. The SMILES string of the molecule is CC(OC(=O)c1cc2ccccc2nc1N1CCCC1)C(=O)NC1(C#N)CCCCC1. The molecule has 7 nitrogen and oxygen atoms in total. The molecule has 1 aliphatic carbocycles. The molecule has 2 heterocycles. The molecule has 0 radical (unpaired) electrons. The van der Waals surface area contributed by atoms with E-state index >= 15 is 0 Å². The Labute approximate surface area is 182 Å². The van der Waals surface area contributed by atoms with Crippen molar-refractivity contribution >= 4 is 28.6 Å². The average Bonchev–Trinajstić information content (AvgIpc) is 3.33. The number of aromatic nitrogens is 1. The van der Waals surface area contributed by atoms with Crippen molar-refractivity contribution in [1.29, 1.82) is 5.26 Å². The first kappa shape index (κ1) is 21.1. The molecule has 1 N–H and O–H groups in total. The van der Waals surface area contributed by atoms with Crippen molar-refractivity contribution in [2.45, 2.75) is 63.5 Å². The molecule has 1 atom stereocenters. The number of esters is 1. The maximum absolute atomic E-state index is 13.1. The molecule has 2 aromatic rings. The molecular formula is C24H28N4O3. The number of fused-ring (bicyclic) bond motifs is 1. The summed E-state index contributed by atoms with van der Waals surface area (Å²) in [7, 11) is 0. The molecule has 162 valence electrons. The van der Waals surface area contributed by atoms with Crippen molar-refractivity contribution in [3.8, 4) is 6.07 Å². The summed E-state index contributed by atoms with van der Waals surface area (Å²) in [5, 5.41) is 13.3. The van der Waals surface area contributed by atoms with Crippen molar-refractivity contribution in [1.82, 2.24) is 10.3 Å². The maximum Gasteiger partial charge on any atom is 0.342 e. The minimum absolute atomic E-state index is 0.368. The number of ether oxygens (including phenoxy) is 1. The van der Waals surface area contributed by atoms with Gasteiger partial charge in [-0.25, -0.2) is 9.78 Å². The second-order valence-electron chi connectivity index (χ2n) is 8.54. The molecule has 1 aliphatic heterocycles. The minimum atomic E-state index is -1.00. The van der Waals surface area contributed by atoms with Crippen LogP contribution in [-0.4, -0.2) is 41.6 Å². The molecule has 1 aromatic carbocycles. The van der Waals surface area contributed by atoms with Crippen LogP contribution in [0.2, 0.25) is 0 Å². The van der Waals surface area contributed by atoms with Crippen LogP contribution in [0.5, 0.6) is 0 Å². The lowest BCUT2D eigenvalue weighted by atomic mass is 9.83. The summed E-state index contributed by atoms with van der Waals surface area (Å²) >= 11 is 0.